The third-order valence-electron chi connectivity index (χ3n) is 2.60. The average molecular weight is 421 g/mol. The second kappa shape index (κ2) is 10.3. The molecular weight excluding hydrogens is 411 g/mol. The minimum Gasteiger partial charge on any atom is -0.748 e. The number of aromatic nitrogens is 1. The first-order chi connectivity index (χ1) is 11.1. The van der Waals surface area contributed by atoms with Gasteiger partial charge < -0.3 is 15.2 Å². The topological polar surface area (TPSA) is 171 Å². The van der Waals surface area contributed by atoms with E-state index in [0.717, 1.165) is 12.3 Å². The number of nitrogens with zero attached hydrogens (tertiary/aromatic N) is 2. The molecule has 11 nitrogen and oxygen atoms in total. The van der Waals surface area contributed by atoms with E-state index in [0.29, 0.717) is 11.0 Å². The van der Waals surface area contributed by atoms with Crippen molar-refractivity contribution in [1.82, 2.24) is 15.6 Å². The summed E-state index contributed by atoms with van der Waals surface area (Å²) in [6.45, 7) is 0. The predicted octanol–water partition coefficient (Wildman–Crippen LogP) is -3.37. The molecule has 0 fully saturated rings. The molecule has 0 spiro atoms. The Labute approximate surface area is 173 Å². The number of carbonyl (C=O) groups excluding carboxylic acids is 2. The van der Waals surface area contributed by atoms with Gasteiger partial charge in [0.15, 0.2) is 5.03 Å². The molecule has 2 amide bonds. The molecule has 0 aliphatic heterocycles. The van der Waals surface area contributed by atoms with Crippen molar-refractivity contribution in [2.24, 2.45) is 0 Å². The molecule has 1 heterocycles. The minimum absolute atomic E-state index is 0. The number of hydrogen-bond donors (Lipinski definition) is 2. The number of pyridine rings is 1. The number of halogens is 1. The number of amides is 2. The normalized spacial score (nSPS) is 11.8. The van der Waals surface area contributed by atoms with Crippen LogP contribution < -0.4 is 40.2 Å². The minimum atomic E-state index is -4.81. The molecule has 1 rings (SSSR count). The van der Waals surface area contributed by atoms with Gasteiger partial charge in [0.2, 0.25) is 5.91 Å². The first-order valence-corrected chi connectivity index (χ1v) is 9.20. The molecule has 1 aromatic heterocycles. The van der Waals surface area contributed by atoms with Gasteiger partial charge in [0.1, 0.15) is 6.04 Å². The largest absolute Gasteiger partial charge is 1.00 e. The van der Waals surface area contributed by atoms with Crippen molar-refractivity contribution in [3.05, 3.63) is 27.9 Å². The number of hydrogen-bond acceptors (Lipinski definition) is 9. The van der Waals surface area contributed by atoms with Crippen LogP contribution in [0.4, 0.5) is 5.69 Å². The standard InChI is InChI=1S/C10H11ClN4O7S2.Na/c1-12-9(17)6(4-24(20,21)22)14-8(16)5-2-7(15(18)19)10(23-11)13-3-5;/h2-3,6H,4H2,1H3,(H,12,17)(H,14,16)(H,20,21,22);/q;+1/p-1. The van der Waals surface area contributed by atoms with Gasteiger partial charge in [-0.2, -0.15) is 0 Å². The Kier molecular flexibility index (Phi) is 9.86. The zero-order valence-corrected chi connectivity index (χ0v) is 17.3. The smallest absolute Gasteiger partial charge is 0.748 e. The first kappa shape index (κ1) is 24.0. The summed E-state index contributed by atoms with van der Waals surface area (Å²) in [6, 6.07) is -0.800. The van der Waals surface area contributed by atoms with Crippen LogP contribution in [0.15, 0.2) is 17.3 Å². The van der Waals surface area contributed by atoms with Gasteiger partial charge in [-0.15, -0.1) is 0 Å². The molecule has 0 bridgehead atoms. The Morgan fingerprint density at radius 3 is 2.52 bits per heavy atom. The number of rotatable bonds is 7. The summed E-state index contributed by atoms with van der Waals surface area (Å²) in [6.07, 6.45) is 0.958. The van der Waals surface area contributed by atoms with Crippen molar-refractivity contribution in [1.29, 1.82) is 0 Å². The summed E-state index contributed by atoms with van der Waals surface area (Å²) in [7, 11) is 2.27. The Hall–Kier alpha value is -0.960. The molecule has 25 heavy (non-hydrogen) atoms. The maximum Gasteiger partial charge on any atom is 1.00 e. The van der Waals surface area contributed by atoms with Gasteiger partial charge in [-0.3, -0.25) is 19.7 Å². The number of likely N-dealkylation sites (N-methyl/N-ethyl adjacent to an activating group) is 1. The van der Waals surface area contributed by atoms with Crippen LogP contribution in [0.5, 0.6) is 0 Å². The number of nitro groups is 1. The zero-order valence-electron chi connectivity index (χ0n) is 12.9. The Morgan fingerprint density at radius 2 is 2.08 bits per heavy atom. The van der Waals surface area contributed by atoms with Crippen molar-refractivity contribution in [3.63, 3.8) is 0 Å². The van der Waals surface area contributed by atoms with E-state index in [2.05, 4.69) is 10.3 Å². The van der Waals surface area contributed by atoms with Crippen LogP contribution in [0.1, 0.15) is 10.4 Å². The fourth-order valence-corrected chi connectivity index (χ4v) is 2.86. The van der Waals surface area contributed by atoms with Gasteiger partial charge in [-0.25, -0.2) is 13.4 Å². The second-order valence-electron chi connectivity index (χ2n) is 4.25. The molecule has 0 saturated heterocycles. The Balaban J connectivity index is 0.00000576. The van der Waals surface area contributed by atoms with Crippen molar-refractivity contribution in [2.75, 3.05) is 12.8 Å². The quantitative estimate of drug-likeness (QED) is 0.197. The van der Waals surface area contributed by atoms with Crippen LogP contribution in [-0.4, -0.2) is 53.5 Å². The first-order valence-electron chi connectivity index (χ1n) is 5.98. The van der Waals surface area contributed by atoms with E-state index in [-0.39, 0.29) is 40.1 Å². The van der Waals surface area contributed by atoms with Gasteiger partial charge in [-0.1, -0.05) is 0 Å². The summed E-state index contributed by atoms with van der Waals surface area (Å²) < 4.78 is 32.4. The molecule has 132 valence electrons. The maximum atomic E-state index is 12.0. The van der Waals surface area contributed by atoms with Crippen LogP contribution >= 0.6 is 21.7 Å². The van der Waals surface area contributed by atoms with Crippen molar-refractivity contribution in [2.45, 2.75) is 11.1 Å². The van der Waals surface area contributed by atoms with E-state index >= 15 is 0 Å². The average Bonchev–Trinajstić information content (AvgIpc) is 2.51. The molecule has 0 saturated carbocycles. The predicted molar refractivity (Wildman–Crippen MR) is 82.5 cm³/mol. The van der Waals surface area contributed by atoms with E-state index in [4.69, 9.17) is 10.7 Å². The second-order valence-corrected chi connectivity index (χ2v) is 6.70. The van der Waals surface area contributed by atoms with E-state index in [1.54, 1.807) is 0 Å². The summed E-state index contributed by atoms with van der Waals surface area (Å²) in [5.41, 5.74) is -0.857. The van der Waals surface area contributed by atoms with E-state index in [1.165, 1.54) is 7.05 Å². The van der Waals surface area contributed by atoms with Crippen molar-refractivity contribution >= 4 is 49.3 Å². The fourth-order valence-electron chi connectivity index (χ4n) is 1.56. The Bertz CT molecular complexity index is 777. The summed E-state index contributed by atoms with van der Waals surface area (Å²) in [5, 5.41) is 14.8. The Morgan fingerprint density at radius 1 is 1.48 bits per heavy atom. The summed E-state index contributed by atoms with van der Waals surface area (Å²) >= 11 is 0. The van der Waals surface area contributed by atoms with Crippen LogP contribution in [0.3, 0.4) is 0 Å². The molecule has 0 radical (unpaired) electrons. The molecule has 0 aromatic carbocycles. The van der Waals surface area contributed by atoms with Gasteiger partial charge in [-0.05, 0) is 10.7 Å². The third-order valence-corrected chi connectivity index (χ3v) is 4.24. The zero-order chi connectivity index (χ0) is 18.5. The van der Waals surface area contributed by atoms with Gasteiger partial charge in [0, 0.05) is 30.3 Å². The van der Waals surface area contributed by atoms with Gasteiger partial charge >= 0.3 is 35.2 Å². The number of carbonyl (C=O) groups is 2. The molecule has 0 aliphatic carbocycles. The molecular formula is C10H10ClN4NaO7S2. The number of nitrogens with one attached hydrogen (secondary N) is 2. The van der Waals surface area contributed by atoms with E-state index in [1.807, 2.05) is 5.32 Å². The van der Waals surface area contributed by atoms with Crippen LogP contribution in [-0.2, 0) is 14.9 Å². The van der Waals surface area contributed by atoms with E-state index in [9.17, 15) is 32.7 Å². The third kappa shape index (κ3) is 7.43. The summed E-state index contributed by atoms with van der Waals surface area (Å²) in [5.74, 6) is -3.11. The van der Waals surface area contributed by atoms with Crippen LogP contribution in [0.2, 0.25) is 0 Å². The molecule has 1 unspecified atom stereocenters. The molecule has 1 aromatic rings. The summed E-state index contributed by atoms with van der Waals surface area (Å²) in [4.78, 5) is 37.3. The molecule has 1 atom stereocenters. The molecule has 15 heteroatoms. The van der Waals surface area contributed by atoms with Crippen LogP contribution in [0.25, 0.3) is 0 Å². The van der Waals surface area contributed by atoms with Gasteiger partial charge in [0.05, 0.1) is 26.4 Å². The monoisotopic (exact) mass is 420 g/mol. The van der Waals surface area contributed by atoms with Crippen LogP contribution in [0, 0.1) is 10.1 Å². The SMILES string of the molecule is CNC(=O)C(CS(=O)(=O)[O-])NC(=O)c1cnc(SCl)c([N+](=O)[O-])c1.[Na+]. The maximum absolute atomic E-state index is 12.0. The molecule has 2 N–H and O–H groups in total. The molecule has 0 aliphatic rings. The van der Waals surface area contributed by atoms with Crippen molar-refractivity contribution < 1.29 is 57.0 Å². The fraction of sp³-hybridized carbons (Fsp3) is 0.300. The van der Waals surface area contributed by atoms with Gasteiger partial charge in [0.25, 0.3) is 5.91 Å². The van der Waals surface area contributed by atoms with E-state index < -0.39 is 44.3 Å². The van der Waals surface area contributed by atoms with Crippen molar-refractivity contribution in [3.8, 4) is 0 Å².